The number of hydrogen-bond acceptors (Lipinski definition) is 2. The molecule has 2 unspecified atom stereocenters. The van der Waals surface area contributed by atoms with E-state index in [-0.39, 0.29) is 17.1 Å². The number of halogens is 2. The fourth-order valence-electron chi connectivity index (χ4n) is 1.96. The van der Waals surface area contributed by atoms with Crippen molar-refractivity contribution in [2.75, 3.05) is 0 Å². The molecule has 0 aromatic heterocycles. The standard InChI is InChI=1S/C16H17ClFNS/c1-2-15(19)16(13-5-3-4-6-14(13)17)20-12-9-7-11(18)8-10-12/h3-10,15-16H,2,19H2,1H3. The lowest BCUT2D eigenvalue weighted by Gasteiger charge is -2.24. The van der Waals surface area contributed by atoms with Gasteiger partial charge in [-0.25, -0.2) is 4.39 Å². The Labute approximate surface area is 128 Å². The molecule has 106 valence electrons. The van der Waals surface area contributed by atoms with Gasteiger partial charge < -0.3 is 5.73 Å². The summed E-state index contributed by atoms with van der Waals surface area (Å²) in [6.07, 6.45) is 0.851. The monoisotopic (exact) mass is 309 g/mol. The maximum atomic E-state index is 13.0. The number of hydrogen-bond donors (Lipinski definition) is 1. The zero-order chi connectivity index (χ0) is 14.5. The van der Waals surface area contributed by atoms with Crippen LogP contribution in [-0.2, 0) is 0 Å². The van der Waals surface area contributed by atoms with E-state index in [0.717, 1.165) is 21.9 Å². The van der Waals surface area contributed by atoms with Crippen LogP contribution < -0.4 is 5.73 Å². The molecule has 0 amide bonds. The molecule has 0 saturated heterocycles. The normalized spacial score (nSPS) is 14.0. The molecule has 2 atom stereocenters. The minimum atomic E-state index is -0.233. The van der Waals surface area contributed by atoms with E-state index in [9.17, 15) is 4.39 Å². The zero-order valence-electron chi connectivity index (χ0n) is 11.2. The molecule has 0 aliphatic heterocycles. The Hall–Kier alpha value is -1.03. The van der Waals surface area contributed by atoms with Crippen molar-refractivity contribution in [2.24, 2.45) is 5.73 Å². The molecular weight excluding hydrogens is 293 g/mol. The Morgan fingerprint density at radius 2 is 1.80 bits per heavy atom. The Balaban J connectivity index is 2.29. The topological polar surface area (TPSA) is 26.0 Å². The van der Waals surface area contributed by atoms with E-state index >= 15 is 0 Å². The third-order valence-electron chi connectivity index (χ3n) is 3.15. The van der Waals surface area contributed by atoms with Gasteiger partial charge in [-0.1, -0.05) is 36.7 Å². The molecule has 1 nitrogen and oxygen atoms in total. The Morgan fingerprint density at radius 3 is 2.40 bits per heavy atom. The van der Waals surface area contributed by atoms with Crippen LogP contribution in [0.25, 0.3) is 0 Å². The number of rotatable bonds is 5. The van der Waals surface area contributed by atoms with E-state index in [1.54, 1.807) is 23.9 Å². The molecule has 20 heavy (non-hydrogen) atoms. The first kappa shape index (κ1) is 15.4. The second kappa shape index (κ2) is 7.11. The molecule has 0 heterocycles. The summed E-state index contributed by atoms with van der Waals surface area (Å²) in [7, 11) is 0. The van der Waals surface area contributed by atoms with Gasteiger partial charge in [-0.2, -0.15) is 0 Å². The lowest BCUT2D eigenvalue weighted by Crippen LogP contribution is -2.25. The van der Waals surface area contributed by atoms with Gasteiger partial charge in [0.1, 0.15) is 5.82 Å². The van der Waals surface area contributed by atoms with Gasteiger partial charge in [-0.3, -0.25) is 0 Å². The van der Waals surface area contributed by atoms with Crippen LogP contribution in [0.4, 0.5) is 4.39 Å². The molecule has 0 radical (unpaired) electrons. The highest BCUT2D eigenvalue weighted by Crippen LogP contribution is 2.40. The van der Waals surface area contributed by atoms with Crippen molar-refractivity contribution in [3.8, 4) is 0 Å². The summed E-state index contributed by atoms with van der Waals surface area (Å²) in [5.74, 6) is -0.233. The fourth-order valence-corrected chi connectivity index (χ4v) is 3.57. The summed E-state index contributed by atoms with van der Waals surface area (Å²) in [5, 5.41) is 0.773. The van der Waals surface area contributed by atoms with Gasteiger partial charge in [0, 0.05) is 16.0 Å². The van der Waals surface area contributed by atoms with E-state index in [2.05, 4.69) is 6.92 Å². The average Bonchev–Trinajstić information content (AvgIpc) is 2.47. The predicted molar refractivity (Wildman–Crippen MR) is 84.7 cm³/mol. The third-order valence-corrected chi connectivity index (χ3v) is 4.89. The molecule has 0 aliphatic carbocycles. The minimum absolute atomic E-state index is 0.00930. The highest BCUT2D eigenvalue weighted by molar-refractivity contribution is 7.99. The Morgan fingerprint density at radius 1 is 1.15 bits per heavy atom. The number of thioether (sulfide) groups is 1. The van der Waals surface area contributed by atoms with Crippen molar-refractivity contribution in [3.05, 3.63) is 64.9 Å². The first-order valence-electron chi connectivity index (χ1n) is 6.54. The predicted octanol–water partition coefficient (Wildman–Crippen LogP) is 5.05. The van der Waals surface area contributed by atoms with Crippen LogP contribution in [0.1, 0.15) is 24.2 Å². The summed E-state index contributed by atoms with van der Waals surface area (Å²) >= 11 is 7.90. The van der Waals surface area contributed by atoms with Gasteiger partial charge in [-0.15, -0.1) is 11.8 Å². The molecule has 2 aromatic rings. The first-order valence-corrected chi connectivity index (χ1v) is 7.79. The molecule has 4 heteroatoms. The highest BCUT2D eigenvalue weighted by Gasteiger charge is 2.22. The molecule has 0 spiro atoms. The van der Waals surface area contributed by atoms with Crippen LogP contribution in [0.3, 0.4) is 0 Å². The summed E-state index contributed by atoms with van der Waals surface area (Å²) in [6.45, 7) is 2.06. The van der Waals surface area contributed by atoms with Crippen LogP contribution in [0.5, 0.6) is 0 Å². The second-order valence-electron chi connectivity index (χ2n) is 4.59. The smallest absolute Gasteiger partial charge is 0.123 e. The van der Waals surface area contributed by atoms with Crippen molar-refractivity contribution < 1.29 is 4.39 Å². The van der Waals surface area contributed by atoms with E-state index in [1.807, 2.05) is 24.3 Å². The number of benzene rings is 2. The quantitative estimate of drug-likeness (QED) is 0.782. The summed E-state index contributed by atoms with van der Waals surface area (Å²) < 4.78 is 13.0. The molecule has 0 aliphatic rings. The van der Waals surface area contributed by atoms with Crippen molar-refractivity contribution >= 4 is 23.4 Å². The van der Waals surface area contributed by atoms with Gasteiger partial charge in [0.15, 0.2) is 0 Å². The molecule has 0 fully saturated rings. The highest BCUT2D eigenvalue weighted by atomic mass is 35.5. The van der Waals surface area contributed by atoms with Crippen LogP contribution in [-0.4, -0.2) is 6.04 Å². The maximum Gasteiger partial charge on any atom is 0.123 e. The molecule has 0 saturated carbocycles. The molecular formula is C16H17ClFNS. The van der Waals surface area contributed by atoms with Crippen LogP contribution in [0, 0.1) is 5.82 Å². The zero-order valence-corrected chi connectivity index (χ0v) is 12.8. The van der Waals surface area contributed by atoms with E-state index in [0.29, 0.717) is 0 Å². The Kier molecular flexibility index (Phi) is 5.46. The van der Waals surface area contributed by atoms with E-state index < -0.39 is 0 Å². The lowest BCUT2D eigenvalue weighted by atomic mass is 10.0. The lowest BCUT2D eigenvalue weighted by molar-refractivity contribution is 0.625. The SMILES string of the molecule is CCC(N)C(Sc1ccc(F)cc1)c1ccccc1Cl. The summed E-state index contributed by atoms with van der Waals surface area (Å²) in [5.41, 5.74) is 7.27. The van der Waals surface area contributed by atoms with Crippen molar-refractivity contribution in [3.63, 3.8) is 0 Å². The molecule has 0 bridgehead atoms. The molecule has 2 rings (SSSR count). The van der Waals surface area contributed by atoms with Crippen molar-refractivity contribution in [1.82, 2.24) is 0 Å². The molecule has 2 aromatic carbocycles. The maximum absolute atomic E-state index is 13.0. The van der Waals surface area contributed by atoms with Crippen LogP contribution in [0.2, 0.25) is 5.02 Å². The van der Waals surface area contributed by atoms with Crippen molar-refractivity contribution in [1.29, 1.82) is 0 Å². The van der Waals surface area contributed by atoms with Gasteiger partial charge in [0.25, 0.3) is 0 Å². The van der Waals surface area contributed by atoms with Gasteiger partial charge >= 0.3 is 0 Å². The minimum Gasteiger partial charge on any atom is -0.326 e. The van der Waals surface area contributed by atoms with Crippen LogP contribution in [0.15, 0.2) is 53.4 Å². The van der Waals surface area contributed by atoms with Crippen molar-refractivity contribution in [2.45, 2.75) is 29.5 Å². The summed E-state index contributed by atoms with van der Waals surface area (Å²) in [6, 6.07) is 14.2. The van der Waals surface area contributed by atoms with Gasteiger partial charge in [0.05, 0.1) is 5.25 Å². The van der Waals surface area contributed by atoms with E-state index in [1.165, 1.54) is 12.1 Å². The fraction of sp³-hybridized carbons (Fsp3) is 0.250. The largest absolute Gasteiger partial charge is 0.326 e. The molecule has 2 N–H and O–H groups in total. The van der Waals surface area contributed by atoms with Crippen LogP contribution >= 0.6 is 23.4 Å². The van der Waals surface area contributed by atoms with Gasteiger partial charge in [-0.05, 0) is 42.3 Å². The van der Waals surface area contributed by atoms with E-state index in [4.69, 9.17) is 17.3 Å². The second-order valence-corrected chi connectivity index (χ2v) is 6.21. The number of nitrogens with two attached hydrogens (primary N) is 1. The third kappa shape index (κ3) is 3.75. The summed E-state index contributed by atoms with van der Waals surface area (Å²) in [4.78, 5) is 0.986. The van der Waals surface area contributed by atoms with Gasteiger partial charge in [0.2, 0.25) is 0 Å². The first-order chi connectivity index (χ1) is 9.61. The average molecular weight is 310 g/mol. The Bertz CT molecular complexity index is 559.